The van der Waals surface area contributed by atoms with E-state index in [0.717, 1.165) is 5.56 Å². The molecule has 25 heavy (non-hydrogen) atoms. The summed E-state index contributed by atoms with van der Waals surface area (Å²) >= 11 is 13.6. The SMILES string of the molecule is O=C(Nc1ccccc1)c1nc(SCc2ccccc2Cl)ncc1Cl. The van der Waals surface area contributed by atoms with Crippen LogP contribution in [0.4, 0.5) is 5.69 Å². The number of aromatic nitrogens is 2. The highest BCUT2D eigenvalue weighted by molar-refractivity contribution is 7.98. The molecule has 4 nitrogen and oxygen atoms in total. The number of anilines is 1. The van der Waals surface area contributed by atoms with Gasteiger partial charge in [0.15, 0.2) is 10.9 Å². The molecule has 0 aliphatic heterocycles. The van der Waals surface area contributed by atoms with Gasteiger partial charge in [-0.05, 0) is 23.8 Å². The molecule has 0 aliphatic carbocycles. The van der Waals surface area contributed by atoms with Crippen LogP contribution in [0, 0.1) is 0 Å². The molecule has 0 saturated heterocycles. The molecular weight excluding hydrogens is 377 g/mol. The standard InChI is InChI=1S/C18H13Cl2N3OS/c19-14-9-5-4-6-12(14)11-25-18-21-10-15(20)16(23-18)17(24)22-13-7-2-1-3-8-13/h1-10H,11H2,(H,22,24). The highest BCUT2D eigenvalue weighted by Gasteiger charge is 2.15. The van der Waals surface area contributed by atoms with E-state index in [4.69, 9.17) is 23.2 Å². The van der Waals surface area contributed by atoms with Crippen molar-refractivity contribution in [2.45, 2.75) is 10.9 Å². The Labute approximate surface area is 159 Å². The van der Waals surface area contributed by atoms with E-state index in [1.165, 1.54) is 18.0 Å². The van der Waals surface area contributed by atoms with E-state index in [1.807, 2.05) is 42.5 Å². The summed E-state index contributed by atoms with van der Waals surface area (Å²) in [6.07, 6.45) is 1.43. The molecule has 126 valence electrons. The van der Waals surface area contributed by atoms with Crippen molar-refractivity contribution in [1.82, 2.24) is 9.97 Å². The molecule has 2 aromatic carbocycles. The van der Waals surface area contributed by atoms with Gasteiger partial charge in [-0.1, -0.05) is 71.4 Å². The van der Waals surface area contributed by atoms with E-state index >= 15 is 0 Å². The van der Waals surface area contributed by atoms with Gasteiger partial charge in [0.2, 0.25) is 0 Å². The highest BCUT2D eigenvalue weighted by Crippen LogP contribution is 2.26. The molecule has 1 aromatic heterocycles. The number of nitrogens with one attached hydrogen (secondary N) is 1. The zero-order valence-corrected chi connectivity index (χ0v) is 15.3. The second kappa shape index (κ2) is 8.34. The van der Waals surface area contributed by atoms with Crippen LogP contribution in [-0.2, 0) is 5.75 Å². The summed E-state index contributed by atoms with van der Waals surface area (Å²) in [5.74, 6) is 0.222. The molecule has 3 aromatic rings. The molecule has 0 unspecified atom stereocenters. The summed E-state index contributed by atoms with van der Waals surface area (Å²) in [6, 6.07) is 16.7. The van der Waals surface area contributed by atoms with Crippen LogP contribution >= 0.6 is 35.0 Å². The highest BCUT2D eigenvalue weighted by atomic mass is 35.5. The summed E-state index contributed by atoms with van der Waals surface area (Å²) in [4.78, 5) is 20.8. The first kappa shape index (κ1) is 17.7. The maximum atomic E-state index is 12.4. The Morgan fingerprint density at radius 3 is 2.48 bits per heavy atom. The fourth-order valence-corrected chi connectivity index (χ4v) is 3.33. The Morgan fingerprint density at radius 2 is 1.72 bits per heavy atom. The van der Waals surface area contributed by atoms with E-state index < -0.39 is 0 Å². The minimum Gasteiger partial charge on any atom is -0.321 e. The summed E-state index contributed by atoms with van der Waals surface area (Å²) in [6.45, 7) is 0. The third kappa shape index (κ3) is 4.72. The summed E-state index contributed by atoms with van der Waals surface area (Å²) in [7, 11) is 0. The van der Waals surface area contributed by atoms with E-state index in [9.17, 15) is 4.79 Å². The second-order valence-corrected chi connectivity index (χ2v) is 6.81. The van der Waals surface area contributed by atoms with Gasteiger partial charge in [0.25, 0.3) is 5.91 Å². The van der Waals surface area contributed by atoms with Crippen LogP contribution in [0.5, 0.6) is 0 Å². The van der Waals surface area contributed by atoms with Gasteiger partial charge in [-0.15, -0.1) is 0 Å². The van der Waals surface area contributed by atoms with Crippen LogP contribution in [0.2, 0.25) is 10.0 Å². The fourth-order valence-electron chi connectivity index (χ4n) is 2.05. The van der Waals surface area contributed by atoms with Gasteiger partial charge in [-0.3, -0.25) is 4.79 Å². The monoisotopic (exact) mass is 389 g/mol. The number of halogens is 2. The first-order valence-corrected chi connectivity index (χ1v) is 9.13. The van der Waals surface area contributed by atoms with Crippen LogP contribution in [0.15, 0.2) is 66.0 Å². The number of carbonyl (C=O) groups is 1. The largest absolute Gasteiger partial charge is 0.321 e. The van der Waals surface area contributed by atoms with Crippen molar-refractivity contribution in [1.29, 1.82) is 0 Å². The molecule has 0 fully saturated rings. The zero-order valence-electron chi connectivity index (χ0n) is 12.9. The topological polar surface area (TPSA) is 54.9 Å². The lowest BCUT2D eigenvalue weighted by Crippen LogP contribution is -2.15. The number of para-hydroxylation sites is 1. The third-order valence-corrected chi connectivity index (χ3v) is 4.84. The van der Waals surface area contributed by atoms with Crippen molar-refractivity contribution in [3.63, 3.8) is 0 Å². The van der Waals surface area contributed by atoms with Crippen LogP contribution in [0.1, 0.15) is 16.1 Å². The Kier molecular flexibility index (Phi) is 5.91. The number of hydrogen-bond donors (Lipinski definition) is 1. The van der Waals surface area contributed by atoms with Gasteiger partial charge in [0.05, 0.1) is 11.2 Å². The van der Waals surface area contributed by atoms with Crippen LogP contribution in [-0.4, -0.2) is 15.9 Å². The lowest BCUT2D eigenvalue weighted by Gasteiger charge is -2.08. The third-order valence-electron chi connectivity index (χ3n) is 3.28. The lowest BCUT2D eigenvalue weighted by atomic mass is 10.2. The Morgan fingerprint density at radius 1 is 1.00 bits per heavy atom. The molecule has 7 heteroatoms. The molecule has 0 saturated carbocycles. The molecule has 1 N–H and O–H groups in total. The van der Waals surface area contributed by atoms with Crippen LogP contribution < -0.4 is 5.32 Å². The summed E-state index contributed by atoms with van der Waals surface area (Å²) in [5, 5.41) is 4.12. The number of hydrogen-bond acceptors (Lipinski definition) is 4. The van der Waals surface area contributed by atoms with Crippen molar-refractivity contribution in [2.24, 2.45) is 0 Å². The average molecular weight is 390 g/mol. The Balaban J connectivity index is 1.74. The van der Waals surface area contributed by atoms with Gasteiger partial charge in [0, 0.05) is 16.5 Å². The van der Waals surface area contributed by atoms with Gasteiger partial charge in [0.1, 0.15) is 0 Å². The molecule has 3 rings (SSSR count). The van der Waals surface area contributed by atoms with Crippen molar-refractivity contribution in [2.75, 3.05) is 5.32 Å². The Hall–Kier alpha value is -2.08. The second-order valence-electron chi connectivity index (χ2n) is 5.05. The predicted octanol–water partition coefficient (Wildman–Crippen LogP) is 5.33. The molecule has 0 aliphatic rings. The van der Waals surface area contributed by atoms with Crippen molar-refractivity contribution < 1.29 is 4.79 Å². The first-order valence-electron chi connectivity index (χ1n) is 7.38. The zero-order chi connectivity index (χ0) is 17.6. The smallest absolute Gasteiger partial charge is 0.275 e. The van der Waals surface area contributed by atoms with Gasteiger partial charge < -0.3 is 5.32 Å². The van der Waals surface area contributed by atoms with Crippen LogP contribution in [0.3, 0.4) is 0 Å². The van der Waals surface area contributed by atoms with Crippen molar-refractivity contribution in [3.8, 4) is 0 Å². The predicted molar refractivity (Wildman–Crippen MR) is 102 cm³/mol. The molecule has 1 heterocycles. The van der Waals surface area contributed by atoms with E-state index in [0.29, 0.717) is 21.6 Å². The summed E-state index contributed by atoms with van der Waals surface area (Å²) in [5.41, 5.74) is 1.79. The van der Waals surface area contributed by atoms with Gasteiger partial charge >= 0.3 is 0 Å². The van der Waals surface area contributed by atoms with Gasteiger partial charge in [-0.25, -0.2) is 9.97 Å². The minimum atomic E-state index is -0.377. The molecule has 1 amide bonds. The van der Waals surface area contributed by atoms with E-state index in [-0.39, 0.29) is 16.6 Å². The average Bonchev–Trinajstić information content (AvgIpc) is 2.63. The van der Waals surface area contributed by atoms with E-state index in [1.54, 1.807) is 12.1 Å². The number of benzene rings is 2. The summed E-state index contributed by atoms with van der Waals surface area (Å²) < 4.78 is 0. The number of thioether (sulfide) groups is 1. The minimum absolute atomic E-state index is 0.141. The maximum absolute atomic E-state index is 12.4. The van der Waals surface area contributed by atoms with Crippen molar-refractivity contribution in [3.05, 3.63) is 82.1 Å². The van der Waals surface area contributed by atoms with Gasteiger partial charge in [-0.2, -0.15) is 0 Å². The number of amides is 1. The molecule has 0 radical (unpaired) electrons. The normalized spacial score (nSPS) is 10.5. The first-order chi connectivity index (χ1) is 12.1. The quantitative estimate of drug-likeness (QED) is 0.473. The van der Waals surface area contributed by atoms with E-state index in [2.05, 4.69) is 15.3 Å². The Bertz CT molecular complexity index is 890. The number of carbonyl (C=O) groups excluding carboxylic acids is 1. The fraction of sp³-hybridized carbons (Fsp3) is 0.0556. The lowest BCUT2D eigenvalue weighted by molar-refractivity contribution is 0.102. The maximum Gasteiger partial charge on any atom is 0.275 e. The molecule has 0 atom stereocenters. The molecule has 0 spiro atoms. The number of nitrogens with zero attached hydrogens (tertiary/aromatic N) is 2. The van der Waals surface area contributed by atoms with Crippen LogP contribution in [0.25, 0.3) is 0 Å². The number of rotatable bonds is 5. The molecule has 0 bridgehead atoms. The molecular formula is C18H13Cl2N3OS. The van der Waals surface area contributed by atoms with Crippen molar-refractivity contribution >= 4 is 46.6 Å².